The number of amides is 2. The molecule has 2 aromatic rings. The molecule has 0 radical (unpaired) electrons. The second-order valence-electron chi connectivity index (χ2n) is 5.71. The van der Waals surface area contributed by atoms with Crippen molar-refractivity contribution in [1.82, 2.24) is 9.88 Å². The third-order valence-electron chi connectivity index (χ3n) is 4.08. The van der Waals surface area contributed by atoms with Crippen molar-refractivity contribution >= 4 is 17.5 Å². The first kappa shape index (κ1) is 13.0. The molecule has 1 N–H and O–H groups in total. The lowest BCUT2D eigenvalue weighted by Gasteiger charge is -2.13. The van der Waals surface area contributed by atoms with Gasteiger partial charge in [0.15, 0.2) is 0 Å². The number of hydrogen-bond acceptors (Lipinski definition) is 3. The molecule has 5 heteroatoms. The van der Waals surface area contributed by atoms with E-state index in [0.29, 0.717) is 29.5 Å². The van der Waals surface area contributed by atoms with Gasteiger partial charge in [0.05, 0.1) is 0 Å². The van der Waals surface area contributed by atoms with Crippen LogP contribution in [0.4, 0.5) is 5.69 Å². The molecule has 0 atom stereocenters. The van der Waals surface area contributed by atoms with Crippen LogP contribution < -0.4 is 5.32 Å². The maximum atomic E-state index is 12.4. The van der Waals surface area contributed by atoms with E-state index in [-0.39, 0.29) is 11.8 Å². The number of carbonyl (C=O) groups excluding carboxylic acids is 2. The Hall–Kier alpha value is -2.69. The van der Waals surface area contributed by atoms with Crippen LogP contribution in [0.2, 0.25) is 0 Å². The van der Waals surface area contributed by atoms with Crippen LogP contribution in [0.25, 0.3) is 0 Å². The molecule has 2 amide bonds. The predicted octanol–water partition coefficient (Wildman–Crippen LogP) is 2.45. The number of nitrogens with zero attached hydrogens (tertiary/aromatic N) is 2. The molecule has 1 aliphatic carbocycles. The number of anilines is 1. The maximum Gasteiger partial charge on any atom is 0.274 e. The second-order valence-corrected chi connectivity index (χ2v) is 5.71. The number of pyridine rings is 1. The molecule has 1 aliphatic heterocycles. The third-order valence-corrected chi connectivity index (χ3v) is 4.08. The van der Waals surface area contributed by atoms with Gasteiger partial charge in [0.25, 0.3) is 11.8 Å². The third kappa shape index (κ3) is 2.24. The summed E-state index contributed by atoms with van der Waals surface area (Å²) < 4.78 is 0. The lowest BCUT2D eigenvalue weighted by atomic mass is 10.1. The number of rotatable bonds is 3. The highest BCUT2D eigenvalue weighted by atomic mass is 16.2. The zero-order chi connectivity index (χ0) is 15.1. The van der Waals surface area contributed by atoms with Gasteiger partial charge in [0.2, 0.25) is 0 Å². The van der Waals surface area contributed by atoms with E-state index < -0.39 is 0 Å². The predicted molar refractivity (Wildman–Crippen MR) is 81.5 cm³/mol. The van der Waals surface area contributed by atoms with E-state index in [9.17, 15) is 9.59 Å². The van der Waals surface area contributed by atoms with Crippen molar-refractivity contribution in [2.75, 3.05) is 5.32 Å². The van der Waals surface area contributed by atoms with E-state index in [1.807, 2.05) is 17.0 Å². The zero-order valence-corrected chi connectivity index (χ0v) is 12.0. The fraction of sp³-hybridized carbons (Fsp3) is 0.235. The summed E-state index contributed by atoms with van der Waals surface area (Å²) in [4.78, 5) is 30.4. The van der Waals surface area contributed by atoms with Crippen LogP contribution in [-0.4, -0.2) is 27.7 Å². The highest BCUT2D eigenvalue weighted by Gasteiger charge is 2.38. The van der Waals surface area contributed by atoms with E-state index in [0.717, 1.165) is 18.4 Å². The lowest BCUT2D eigenvalue weighted by Crippen LogP contribution is -2.25. The Kier molecular flexibility index (Phi) is 2.92. The second kappa shape index (κ2) is 4.94. The minimum atomic E-state index is -0.273. The van der Waals surface area contributed by atoms with Gasteiger partial charge < -0.3 is 10.2 Å². The fourth-order valence-corrected chi connectivity index (χ4v) is 2.77. The van der Waals surface area contributed by atoms with Crippen molar-refractivity contribution in [3.05, 3.63) is 59.4 Å². The summed E-state index contributed by atoms with van der Waals surface area (Å²) in [6.45, 7) is 0.688. The van der Waals surface area contributed by atoms with Gasteiger partial charge in [-0.25, -0.2) is 0 Å². The molecule has 0 saturated heterocycles. The molecule has 4 rings (SSSR count). The number of carbonyl (C=O) groups is 2. The summed E-state index contributed by atoms with van der Waals surface area (Å²) >= 11 is 0. The Morgan fingerprint density at radius 3 is 2.82 bits per heavy atom. The molecule has 22 heavy (non-hydrogen) atoms. The molecule has 0 bridgehead atoms. The minimum Gasteiger partial charge on any atom is -0.331 e. The van der Waals surface area contributed by atoms with Crippen LogP contribution in [0.1, 0.15) is 39.3 Å². The van der Waals surface area contributed by atoms with Crippen LogP contribution in [0.5, 0.6) is 0 Å². The van der Waals surface area contributed by atoms with E-state index >= 15 is 0 Å². The smallest absolute Gasteiger partial charge is 0.274 e. The summed E-state index contributed by atoms with van der Waals surface area (Å²) in [5.74, 6) is -0.198. The number of nitrogens with one attached hydrogen (secondary N) is 1. The van der Waals surface area contributed by atoms with Gasteiger partial charge in [-0.1, -0.05) is 12.1 Å². The molecule has 1 aromatic heterocycles. The minimum absolute atomic E-state index is 0.0754. The quantitative estimate of drug-likeness (QED) is 0.945. The first-order valence-electron chi connectivity index (χ1n) is 7.38. The molecule has 2 aliphatic rings. The first-order valence-corrected chi connectivity index (χ1v) is 7.38. The van der Waals surface area contributed by atoms with E-state index in [2.05, 4.69) is 10.3 Å². The van der Waals surface area contributed by atoms with Gasteiger partial charge in [0, 0.05) is 30.0 Å². The Morgan fingerprint density at radius 2 is 2.09 bits per heavy atom. The van der Waals surface area contributed by atoms with Crippen LogP contribution in [0, 0.1) is 0 Å². The van der Waals surface area contributed by atoms with Crippen molar-refractivity contribution < 1.29 is 9.59 Å². The van der Waals surface area contributed by atoms with Gasteiger partial charge in [-0.15, -0.1) is 0 Å². The number of aromatic nitrogens is 1. The van der Waals surface area contributed by atoms with Crippen molar-refractivity contribution in [2.24, 2.45) is 0 Å². The Bertz CT molecular complexity index is 754. The Morgan fingerprint density at radius 1 is 1.23 bits per heavy atom. The molecular weight excluding hydrogens is 278 g/mol. The summed E-state index contributed by atoms with van der Waals surface area (Å²) in [5.41, 5.74) is 2.72. The van der Waals surface area contributed by atoms with Crippen LogP contribution in [0.15, 0.2) is 42.6 Å². The SMILES string of the molecule is O=C(Nc1ccc2c(c1)C(=O)N(C1CC1)C2)c1ccccn1. The van der Waals surface area contributed by atoms with E-state index in [1.54, 1.807) is 30.5 Å². The monoisotopic (exact) mass is 293 g/mol. The summed E-state index contributed by atoms with van der Waals surface area (Å²) in [6, 6.07) is 11.1. The Balaban J connectivity index is 1.55. The molecule has 1 saturated carbocycles. The number of hydrogen-bond donors (Lipinski definition) is 1. The van der Waals surface area contributed by atoms with Crippen molar-refractivity contribution in [2.45, 2.75) is 25.4 Å². The summed E-state index contributed by atoms with van der Waals surface area (Å²) in [7, 11) is 0. The molecule has 1 fully saturated rings. The number of fused-ring (bicyclic) bond motifs is 1. The Labute approximate surface area is 128 Å². The van der Waals surface area contributed by atoms with E-state index in [1.165, 1.54) is 0 Å². The normalized spacial score (nSPS) is 16.5. The van der Waals surface area contributed by atoms with Crippen LogP contribution in [-0.2, 0) is 6.54 Å². The van der Waals surface area contributed by atoms with Crippen molar-refractivity contribution in [3.63, 3.8) is 0 Å². The standard InChI is InChI=1S/C17H15N3O2/c21-16(15-3-1-2-8-18-15)19-12-5-4-11-10-20(13-6-7-13)17(22)14(11)9-12/h1-5,8-9,13H,6-7,10H2,(H,19,21). The fourth-order valence-electron chi connectivity index (χ4n) is 2.77. The van der Waals surface area contributed by atoms with Gasteiger partial charge in [-0.2, -0.15) is 0 Å². The molecule has 5 nitrogen and oxygen atoms in total. The van der Waals surface area contributed by atoms with Crippen molar-refractivity contribution in [3.8, 4) is 0 Å². The van der Waals surface area contributed by atoms with Crippen LogP contribution in [0.3, 0.4) is 0 Å². The molecule has 0 spiro atoms. The topological polar surface area (TPSA) is 62.3 Å². The number of benzene rings is 1. The van der Waals surface area contributed by atoms with Crippen LogP contribution >= 0.6 is 0 Å². The highest BCUT2D eigenvalue weighted by molar-refractivity contribution is 6.04. The lowest BCUT2D eigenvalue weighted by molar-refractivity contribution is 0.0766. The largest absolute Gasteiger partial charge is 0.331 e. The average Bonchev–Trinajstić information content (AvgIpc) is 3.34. The molecule has 110 valence electrons. The molecule has 0 unspecified atom stereocenters. The summed E-state index contributed by atoms with van der Waals surface area (Å²) in [6.07, 6.45) is 3.78. The highest BCUT2D eigenvalue weighted by Crippen LogP contribution is 2.35. The zero-order valence-electron chi connectivity index (χ0n) is 12.0. The first-order chi connectivity index (χ1) is 10.7. The molecule has 1 aromatic carbocycles. The molecular formula is C17H15N3O2. The molecule has 2 heterocycles. The van der Waals surface area contributed by atoms with Gasteiger partial charge in [0.1, 0.15) is 5.69 Å². The van der Waals surface area contributed by atoms with Gasteiger partial charge in [-0.3, -0.25) is 14.6 Å². The van der Waals surface area contributed by atoms with E-state index in [4.69, 9.17) is 0 Å². The summed E-state index contributed by atoms with van der Waals surface area (Å²) in [5, 5.41) is 2.80. The maximum absolute atomic E-state index is 12.4. The van der Waals surface area contributed by atoms with Gasteiger partial charge >= 0.3 is 0 Å². The van der Waals surface area contributed by atoms with Gasteiger partial charge in [-0.05, 0) is 42.7 Å². The average molecular weight is 293 g/mol. The van der Waals surface area contributed by atoms with Crippen molar-refractivity contribution in [1.29, 1.82) is 0 Å².